The lowest BCUT2D eigenvalue weighted by Gasteiger charge is -2.25. The van der Waals surface area contributed by atoms with Crippen LogP contribution in [0.25, 0.3) is 54.4 Å². The van der Waals surface area contributed by atoms with Gasteiger partial charge in [0, 0.05) is 28.1 Å². The molecule has 0 spiro atoms. The Morgan fingerprint density at radius 1 is 0.794 bits per heavy atom. The van der Waals surface area contributed by atoms with Gasteiger partial charge in [-0.05, 0) is 76.5 Å². The molecule has 34 heavy (non-hydrogen) atoms. The number of aryl methyl sites for hydroxylation is 2. The van der Waals surface area contributed by atoms with Crippen molar-refractivity contribution in [3.63, 3.8) is 0 Å². The maximum absolute atomic E-state index is 6.56. The second kappa shape index (κ2) is 7.54. The number of fused-ring (bicyclic) bond motifs is 5. The number of thiophene rings is 1. The first-order valence-corrected chi connectivity index (χ1v) is 12.6. The molecule has 0 fully saturated rings. The van der Waals surface area contributed by atoms with Crippen molar-refractivity contribution in [2.45, 2.75) is 40.0 Å². The van der Waals surface area contributed by atoms with E-state index in [9.17, 15) is 0 Å². The molecule has 168 valence electrons. The Balaban J connectivity index is 1.62. The highest BCUT2D eigenvalue weighted by molar-refractivity contribution is 7.18. The van der Waals surface area contributed by atoms with Gasteiger partial charge in [0.15, 0.2) is 5.58 Å². The molecule has 6 rings (SSSR count). The first kappa shape index (κ1) is 21.1. The number of pyridine rings is 1. The maximum atomic E-state index is 6.56. The van der Waals surface area contributed by atoms with Gasteiger partial charge in [-0.25, -0.2) is 0 Å². The number of rotatable bonds is 2. The number of hydrogen-bond donors (Lipinski definition) is 0. The minimum Gasteiger partial charge on any atom is -0.454 e. The molecule has 0 saturated heterocycles. The molecule has 2 nitrogen and oxygen atoms in total. The first-order chi connectivity index (χ1) is 16.3. The summed E-state index contributed by atoms with van der Waals surface area (Å²) >= 11 is 1.73. The zero-order chi connectivity index (χ0) is 23.6. The lowest BCUT2D eigenvalue weighted by Crippen LogP contribution is -2.14. The van der Waals surface area contributed by atoms with Crippen molar-refractivity contribution in [1.82, 2.24) is 4.98 Å². The highest BCUT2D eigenvalue weighted by Gasteiger charge is 2.23. The summed E-state index contributed by atoms with van der Waals surface area (Å²) in [6, 6.07) is 21.7. The van der Waals surface area contributed by atoms with Gasteiger partial charge in [-0.2, -0.15) is 0 Å². The summed E-state index contributed by atoms with van der Waals surface area (Å²) in [5.41, 5.74) is 10.2. The molecular weight excluding hydrogens is 434 g/mol. The number of hydrogen-bond acceptors (Lipinski definition) is 3. The number of furan rings is 1. The quantitative estimate of drug-likeness (QED) is 0.257. The van der Waals surface area contributed by atoms with Crippen LogP contribution in [0, 0.1) is 13.8 Å². The van der Waals surface area contributed by atoms with Gasteiger partial charge in [0.05, 0.1) is 10.4 Å². The van der Waals surface area contributed by atoms with Crippen LogP contribution in [0.15, 0.2) is 76.7 Å². The van der Waals surface area contributed by atoms with E-state index in [4.69, 9.17) is 9.40 Å². The molecule has 3 aromatic heterocycles. The van der Waals surface area contributed by atoms with E-state index in [0.29, 0.717) is 0 Å². The Hall–Kier alpha value is -3.43. The van der Waals surface area contributed by atoms with Crippen molar-refractivity contribution in [2.24, 2.45) is 0 Å². The third-order valence-electron chi connectivity index (χ3n) is 6.82. The molecule has 3 heteroatoms. The number of benzene rings is 3. The van der Waals surface area contributed by atoms with Crippen LogP contribution in [0.2, 0.25) is 0 Å². The molecule has 0 radical (unpaired) electrons. The lowest BCUT2D eigenvalue weighted by atomic mass is 9.80. The standard InChI is InChI=1S/C31H27NOS/c1-18-8-6-9-19(2)27(18)24-17-32-26(16-25(24)31(3,4)5)23-11-7-10-21-22-13-12-20-14-15-34-30(20)29(22)33-28(21)23/h6-17H,1-5H3. The first-order valence-electron chi connectivity index (χ1n) is 11.7. The van der Waals surface area contributed by atoms with E-state index in [0.717, 1.165) is 33.2 Å². The second-order valence-electron chi connectivity index (χ2n) is 10.2. The van der Waals surface area contributed by atoms with Crippen LogP contribution >= 0.6 is 11.3 Å². The predicted molar refractivity (Wildman–Crippen MR) is 146 cm³/mol. The van der Waals surface area contributed by atoms with Gasteiger partial charge in [0.25, 0.3) is 0 Å². The molecule has 0 N–H and O–H groups in total. The Morgan fingerprint density at radius 3 is 2.29 bits per heavy atom. The van der Waals surface area contributed by atoms with Gasteiger partial charge >= 0.3 is 0 Å². The van der Waals surface area contributed by atoms with Crippen LogP contribution in [0.5, 0.6) is 0 Å². The van der Waals surface area contributed by atoms with Crippen molar-refractivity contribution >= 4 is 43.4 Å². The van der Waals surface area contributed by atoms with Crippen molar-refractivity contribution in [1.29, 1.82) is 0 Å². The SMILES string of the molecule is Cc1cccc(C)c1-c1cnc(-c2cccc3c2oc2c3ccc3ccsc32)cc1C(C)(C)C. The van der Waals surface area contributed by atoms with Gasteiger partial charge in [0.1, 0.15) is 5.58 Å². The van der Waals surface area contributed by atoms with Gasteiger partial charge in [-0.3, -0.25) is 4.98 Å². The molecule has 0 aliphatic heterocycles. The Morgan fingerprint density at radius 2 is 1.53 bits per heavy atom. The van der Waals surface area contributed by atoms with E-state index in [1.807, 2.05) is 0 Å². The molecule has 6 aromatic rings. The van der Waals surface area contributed by atoms with E-state index in [1.165, 1.54) is 37.9 Å². The monoisotopic (exact) mass is 461 g/mol. The molecular formula is C31H27NOS. The minimum absolute atomic E-state index is 0.0351. The van der Waals surface area contributed by atoms with E-state index < -0.39 is 0 Å². The van der Waals surface area contributed by atoms with Crippen molar-refractivity contribution in [3.8, 4) is 22.4 Å². The largest absolute Gasteiger partial charge is 0.454 e. The fourth-order valence-corrected chi connectivity index (χ4v) is 6.03. The Labute approximate surface area is 203 Å². The van der Waals surface area contributed by atoms with Crippen LogP contribution in [0.4, 0.5) is 0 Å². The molecule has 0 aliphatic rings. The summed E-state index contributed by atoms with van der Waals surface area (Å²) in [7, 11) is 0. The molecule has 0 amide bonds. The topological polar surface area (TPSA) is 26.0 Å². The number of para-hydroxylation sites is 1. The van der Waals surface area contributed by atoms with Crippen LogP contribution in [0.3, 0.4) is 0 Å². The van der Waals surface area contributed by atoms with E-state index in [1.54, 1.807) is 11.3 Å². The highest BCUT2D eigenvalue weighted by Crippen LogP contribution is 2.42. The third kappa shape index (κ3) is 3.19. The summed E-state index contributed by atoms with van der Waals surface area (Å²) < 4.78 is 7.76. The summed E-state index contributed by atoms with van der Waals surface area (Å²) in [6.07, 6.45) is 2.06. The van der Waals surface area contributed by atoms with Gasteiger partial charge in [-0.1, -0.05) is 57.2 Å². The predicted octanol–water partition coefficient (Wildman–Crippen LogP) is 9.44. The number of aromatic nitrogens is 1. The van der Waals surface area contributed by atoms with Gasteiger partial charge in [-0.15, -0.1) is 11.3 Å². The molecule has 0 aliphatic carbocycles. The molecule has 3 aromatic carbocycles. The van der Waals surface area contributed by atoms with E-state index >= 15 is 0 Å². The zero-order valence-electron chi connectivity index (χ0n) is 20.2. The molecule has 0 atom stereocenters. The minimum atomic E-state index is -0.0351. The summed E-state index contributed by atoms with van der Waals surface area (Å²) in [6.45, 7) is 11.2. The van der Waals surface area contributed by atoms with Crippen molar-refractivity contribution < 1.29 is 4.42 Å². The fraction of sp³-hybridized carbons (Fsp3) is 0.194. The average molecular weight is 462 g/mol. The van der Waals surface area contributed by atoms with Crippen LogP contribution in [-0.4, -0.2) is 4.98 Å². The second-order valence-corrected chi connectivity index (χ2v) is 11.1. The molecule has 0 bridgehead atoms. The lowest BCUT2D eigenvalue weighted by molar-refractivity contribution is 0.591. The summed E-state index contributed by atoms with van der Waals surface area (Å²) in [5.74, 6) is 0. The van der Waals surface area contributed by atoms with Crippen LogP contribution in [-0.2, 0) is 5.41 Å². The summed E-state index contributed by atoms with van der Waals surface area (Å²) in [4.78, 5) is 5.00. The molecule has 0 saturated carbocycles. The normalized spacial score (nSPS) is 12.3. The Kier molecular flexibility index (Phi) is 4.69. The highest BCUT2D eigenvalue weighted by atomic mass is 32.1. The van der Waals surface area contributed by atoms with E-state index in [2.05, 4.69) is 107 Å². The van der Waals surface area contributed by atoms with Crippen molar-refractivity contribution in [3.05, 3.63) is 88.9 Å². The number of nitrogens with zero attached hydrogens (tertiary/aromatic N) is 1. The van der Waals surface area contributed by atoms with Gasteiger partial charge in [0.2, 0.25) is 0 Å². The third-order valence-corrected chi connectivity index (χ3v) is 7.75. The van der Waals surface area contributed by atoms with Crippen LogP contribution in [0.1, 0.15) is 37.5 Å². The Bertz CT molecular complexity index is 1690. The van der Waals surface area contributed by atoms with Gasteiger partial charge < -0.3 is 4.42 Å². The van der Waals surface area contributed by atoms with E-state index in [-0.39, 0.29) is 5.41 Å². The van der Waals surface area contributed by atoms with Crippen LogP contribution < -0.4 is 0 Å². The smallest absolute Gasteiger partial charge is 0.153 e. The van der Waals surface area contributed by atoms with Crippen molar-refractivity contribution in [2.75, 3.05) is 0 Å². The fourth-order valence-electron chi connectivity index (χ4n) is 5.14. The zero-order valence-corrected chi connectivity index (χ0v) is 21.0. The molecule has 3 heterocycles. The average Bonchev–Trinajstić information content (AvgIpc) is 3.42. The maximum Gasteiger partial charge on any atom is 0.153 e. The summed E-state index contributed by atoms with van der Waals surface area (Å²) in [5, 5.41) is 5.65. The molecule has 0 unspecified atom stereocenters.